The summed E-state index contributed by atoms with van der Waals surface area (Å²) in [7, 11) is 5.24. The van der Waals surface area contributed by atoms with E-state index in [1.54, 1.807) is 7.11 Å². The number of methoxy groups -OCH3 is 2. The average molecular weight is 375 g/mol. The van der Waals surface area contributed by atoms with Crippen LogP contribution in [-0.4, -0.2) is 82.3 Å². The predicted octanol–water partition coefficient (Wildman–Crippen LogP) is 1.15. The highest BCUT2D eigenvalue weighted by molar-refractivity contribution is 5.81. The molecule has 2 amide bonds. The zero-order valence-electron chi connectivity index (χ0n) is 16.4. The summed E-state index contributed by atoms with van der Waals surface area (Å²) in [4.78, 5) is 31.5. The Morgan fingerprint density at radius 1 is 1.19 bits per heavy atom. The molecule has 0 spiro atoms. The fraction of sp³-hybridized carbons (Fsp3) is 0.600. The first-order valence-electron chi connectivity index (χ1n) is 9.42. The van der Waals surface area contributed by atoms with Gasteiger partial charge in [0.2, 0.25) is 11.8 Å². The lowest BCUT2D eigenvalue weighted by Gasteiger charge is -2.47. The van der Waals surface area contributed by atoms with Crippen molar-refractivity contribution >= 4 is 17.5 Å². The van der Waals surface area contributed by atoms with Crippen molar-refractivity contribution < 1.29 is 19.1 Å². The topological polar surface area (TPSA) is 62.3 Å². The van der Waals surface area contributed by atoms with Gasteiger partial charge in [-0.3, -0.25) is 9.59 Å². The average Bonchev–Trinajstić information content (AvgIpc) is 2.66. The van der Waals surface area contributed by atoms with Crippen LogP contribution in [0.2, 0.25) is 0 Å². The van der Waals surface area contributed by atoms with E-state index in [4.69, 9.17) is 9.47 Å². The molecule has 2 aliphatic heterocycles. The zero-order chi connectivity index (χ0) is 19.4. The maximum Gasteiger partial charge on any atom is 0.249 e. The molecule has 0 N–H and O–H groups in total. The van der Waals surface area contributed by atoms with Gasteiger partial charge in [-0.05, 0) is 11.6 Å². The standard InChI is InChI=1S/C20H29N3O4/c1-21-12-15-13-22(10-11-26-2)18(24)8-9-23(19(25)14-27-3)20(15)16-6-4-5-7-17(16)21/h4-7,15,20H,8-14H2,1-3H3/t15-,20-/m1/s1. The van der Waals surface area contributed by atoms with Gasteiger partial charge in [0.15, 0.2) is 0 Å². The van der Waals surface area contributed by atoms with E-state index < -0.39 is 0 Å². The van der Waals surface area contributed by atoms with Crippen molar-refractivity contribution in [3.8, 4) is 0 Å². The van der Waals surface area contributed by atoms with Crippen LogP contribution in [0.5, 0.6) is 0 Å². The predicted molar refractivity (Wildman–Crippen MR) is 103 cm³/mol. The molecule has 1 aromatic rings. The lowest BCUT2D eigenvalue weighted by Crippen LogP contribution is -2.54. The number of nitrogens with zero attached hydrogens (tertiary/aromatic N) is 3. The maximum absolute atomic E-state index is 12.8. The largest absolute Gasteiger partial charge is 0.383 e. The summed E-state index contributed by atoms with van der Waals surface area (Å²) in [6, 6.07) is 8.17. The summed E-state index contributed by atoms with van der Waals surface area (Å²) in [5.74, 6) is 0.138. The number of fused-ring (bicyclic) bond motifs is 3. The van der Waals surface area contributed by atoms with Crippen LogP contribution in [0.15, 0.2) is 24.3 Å². The summed E-state index contributed by atoms with van der Waals surface area (Å²) < 4.78 is 10.3. The summed E-state index contributed by atoms with van der Waals surface area (Å²) in [6.07, 6.45) is 0.320. The SMILES string of the molecule is COCCN1C[C@H]2CN(C)c3ccccc3[C@@H]2N(C(=O)COC)CCC1=O. The molecule has 1 fully saturated rings. The quantitative estimate of drug-likeness (QED) is 0.773. The normalized spacial score (nSPS) is 22.8. The van der Waals surface area contributed by atoms with Crippen LogP contribution < -0.4 is 4.90 Å². The minimum absolute atomic E-state index is 0.0306. The first kappa shape index (κ1) is 19.6. The van der Waals surface area contributed by atoms with E-state index in [0.29, 0.717) is 32.7 Å². The van der Waals surface area contributed by atoms with Gasteiger partial charge in [-0.1, -0.05) is 18.2 Å². The smallest absolute Gasteiger partial charge is 0.249 e. The summed E-state index contributed by atoms with van der Waals surface area (Å²) in [5, 5.41) is 0. The number of ether oxygens (including phenoxy) is 2. The number of hydrogen-bond donors (Lipinski definition) is 0. The molecule has 148 valence electrons. The van der Waals surface area contributed by atoms with Gasteiger partial charge in [-0.15, -0.1) is 0 Å². The number of amides is 2. The van der Waals surface area contributed by atoms with Crippen molar-refractivity contribution in [3.63, 3.8) is 0 Å². The van der Waals surface area contributed by atoms with Crippen molar-refractivity contribution in [1.29, 1.82) is 0 Å². The van der Waals surface area contributed by atoms with Gasteiger partial charge < -0.3 is 24.2 Å². The van der Waals surface area contributed by atoms with Gasteiger partial charge in [0.1, 0.15) is 6.61 Å². The van der Waals surface area contributed by atoms with Gasteiger partial charge in [0.05, 0.1) is 12.6 Å². The Bertz CT molecular complexity index is 681. The molecule has 0 aromatic heterocycles. The molecule has 1 saturated heterocycles. The molecular weight excluding hydrogens is 346 g/mol. The van der Waals surface area contributed by atoms with E-state index >= 15 is 0 Å². The Hall–Kier alpha value is -2.12. The first-order chi connectivity index (χ1) is 13.1. The molecule has 3 rings (SSSR count). The molecule has 0 unspecified atom stereocenters. The molecule has 2 heterocycles. The Kier molecular flexibility index (Phi) is 6.34. The van der Waals surface area contributed by atoms with Crippen LogP contribution >= 0.6 is 0 Å². The van der Waals surface area contributed by atoms with Crippen molar-refractivity contribution in [1.82, 2.24) is 9.80 Å². The van der Waals surface area contributed by atoms with E-state index in [1.165, 1.54) is 7.11 Å². The monoisotopic (exact) mass is 375 g/mol. The third-order valence-corrected chi connectivity index (χ3v) is 5.48. The molecule has 7 heteroatoms. The molecular formula is C20H29N3O4. The molecule has 27 heavy (non-hydrogen) atoms. The number of carbonyl (C=O) groups is 2. The highest BCUT2D eigenvalue weighted by Gasteiger charge is 2.41. The Balaban J connectivity index is 1.98. The van der Waals surface area contributed by atoms with Crippen LogP contribution in [-0.2, 0) is 19.1 Å². The van der Waals surface area contributed by atoms with E-state index in [1.807, 2.05) is 21.9 Å². The molecule has 0 aliphatic carbocycles. The molecule has 2 aliphatic rings. The van der Waals surface area contributed by atoms with Gasteiger partial charge in [-0.25, -0.2) is 0 Å². The number of hydrogen-bond acceptors (Lipinski definition) is 5. The molecule has 0 bridgehead atoms. The second kappa shape index (κ2) is 8.71. The van der Waals surface area contributed by atoms with Gasteiger partial charge in [-0.2, -0.15) is 0 Å². The van der Waals surface area contributed by atoms with Crippen molar-refractivity contribution in [2.24, 2.45) is 5.92 Å². The second-order valence-corrected chi connectivity index (χ2v) is 7.25. The van der Waals surface area contributed by atoms with Crippen LogP contribution in [0.4, 0.5) is 5.69 Å². The number of para-hydroxylation sites is 1. The fourth-order valence-electron chi connectivity index (χ4n) is 4.27. The van der Waals surface area contributed by atoms with E-state index in [0.717, 1.165) is 17.8 Å². The third-order valence-electron chi connectivity index (χ3n) is 5.48. The number of benzene rings is 1. The van der Waals surface area contributed by atoms with Gasteiger partial charge >= 0.3 is 0 Å². The van der Waals surface area contributed by atoms with Crippen molar-refractivity contribution in [2.75, 3.05) is 65.6 Å². The lowest BCUT2D eigenvalue weighted by atomic mass is 9.84. The summed E-state index contributed by atoms with van der Waals surface area (Å²) in [6.45, 7) is 2.93. The van der Waals surface area contributed by atoms with Crippen molar-refractivity contribution in [2.45, 2.75) is 12.5 Å². The van der Waals surface area contributed by atoms with Crippen LogP contribution in [0.25, 0.3) is 0 Å². The Labute approximate surface area is 160 Å². The second-order valence-electron chi connectivity index (χ2n) is 7.25. The molecule has 1 aromatic carbocycles. The number of carbonyl (C=O) groups excluding carboxylic acids is 2. The minimum atomic E-state index is -0.0648. The maximum atomic E-state index is 12.8. The van der Waals surface area contributed by atoms with Gasteiger partial charge in [0.25, 0.3) is 0 Å². The molecule has 7 nitrogen and oxygen atoms in total. The Morgan fingerprint density at radius 2 is 1.96 bits per heavy atom. The third kappa shape index (κ3) is 4.09. The lowest BCUT2D eigenvalue weighted by molar-refractivity contribution is -0.144. The van der Waals surface area contributed by atoms with Crippen LogP contribution in [0.1, 0.15) is 18.0 Å². The highest BCUT2D eigenvalue weighted by atomic mass is 16.5. The fourth-order valence-corrected chi connectivity index (χ4v) is 4.27. The molecule has 0 radical (unpaired) electrons. The van der Waals surface area contributed by atoms with E-state index in [9.17, 15) is 9.59 Å². The summed E-state index contributed by atoms with van der Waals surface area (Å²) >= 11 is 0. The first-order valence-corrected chi connectivity index (χ1v) is 9.42. The molecule has 0 saturated carbocycles. The highest BCUT2D eigenvalue weighted by Crippen LogP contribution is 2.41. The van der Waals surface area contributed by atoms with Gasteiger partial charge in [0, 0.05) is 65.5 Å². The van der Waals surface area contributed by atoms with Crippen LogP contribution in [0.3, 0.4) is 0 Å². The number of rotatable bonds is 5. The summed E-state index contributed by atoms with van der Waals surface area (Å²) in [5.41, 5.74) is 2.28. The Morgan fingerprint density at radius 3 is 2.70 bits per heavy atom. The zero-order valence-corrected chi connectivity index (χ0v) is 16.4. The van der Waals surface area contributed by atoms with Crippen LogP contribution in [0, 0.1) is 5.92 Å². The minimum Gasteiger partial charge on any atom is -0.383 e. The van der Waals surface area contributed by atoms with Crippen molar-refractivity contribution in [3.05, 3.63) is 29.8 Å². The van der Waals surface area contributed by atoms with E-state index in [-0.39, 0.29) is 30.4 Å². The van der Waals surface area contributed by atoms with E-state index in [2.05, 4.69) is 24.1 Å². The molecule has 2 atom stereocenters. The number of anilines is 1.